The van der Waals surface area contributed by atoms with Crippen molar-refractivity contribution in [2.24, 2.45) is 0 Å². The van der Waals surface area contributed by atoms with Crippen molar-refractivity contribution < 1.29 is 9.90 Å². The van der Waals surface area contributed by atoms with Crippen molar-refractivity contribution in [2.45, 2.75) is 45.1 Å². The van der Waals surface area contributed by atoms with E-state index in [-0.39, 0.29) is 11.9 Å². The molecule has 3 heteroatoms. The lowest BCUT2D eigenvalue weighted by Gasteiger charge is -2.29. The summed E-state index contributed by atoms with van der Waals surface area (Å²) in [5.74, 6) is 0.281. The molecule has 1 atom stereocenters. The second-order valence-corrected chi connectivity index (χ2v) is 4.26. The molecule has 82 valence electrons. The standard InChI is InChI=1S/C11H21NO2/c1-10(13)5-2-3-7-12-8-4-6-11(14)9-12/h11,14H,2-9H2,1H3. The van der Waals surface area contributed by atoms with Gasteiger partial charge in [0, 0.05) is 13.0 Å². The maximum atomic E-state index is 10.7. The molecule has 1 fully saturated rings. The minimum absolute atomic E-state index is 0.128. The van der Waals surface area contributed by atoms with Crippen LogP contribution in [0.3, 0.4) is 0 Å². The van der Waals surface area contributed by atoms with E-state index in [9.17, 15) is 9.90 Å². The number of aliphatic hydroxyl groups excluding tert-OH is 1. The van der Waals surface area contributed by atoms with Gasteiger partial charge in [-0.05, 0) is 45.7 Å². The zero-order chi connectivity index (χ0) is 10.4. The Morgan fingerprint density at radius 2 is 2.29 bits per heavy atom. The smallest absolute Gasteiger partial charge is 0.129 e. The third-order valence-electron chi connectivity index (χ3n) is 2.73. The monoisotopic (exact) mass is 199 g/mol. The number of rotatable bonds is 5. The highest BCUT2D eigenvalue weighted by Gasteiger charge is 2.16. The van der Waals surface area contributed by atoms with E-state index in [1.54, 1.807) is 6.92 Å². The Balaban J connectivity index is 2.03. The molecule has 1 saturated heterocycles. The highest BCUT2D eigenvalue weighted by molar-refractivity contribution is 5.75. The van der Waals surface area contributed by atoms with Crippen molar-refractivity contribution >= 4 is 5.78 Å². The molecular formula is C11H21NO2. The molecule has 1 aliphatic rings. The first-order valence-corrected chi connectivity index (χ1v) is 5.58. The zero-order valence-electron chi connectivity index (χ0n) is 9.04. The van der Waals surface area contributed by atoms with Gasteiger partial charge in [-0.1, -0.05) is 0 Å². The van der Waals surface area contributed by atoms with Crippen molar-refractivity contribution in [3.63, 3.8) is 0 Å². The number of Topliss-reactive ketones (excluding diaryl/α,β-unsaturated/α-hetero) is 1. The van der Waals surface area contributed by atoms with Gasteiger partial charge in [-0.3, -0.25) is 0 Å². The molecule has 0 aliphatic carbocycles. The number of nitrogens with zero attached hydrogens (tertiary/aromatic N) is 1. The van der Waals surface area contributed by atoms with Gasteiger partial charge >= 0.3 is 0 Å². The molecule has 0 aromatic carbocycles. The van der Waals surface area contributed by atoms with Crippen LogP contribution < -0.4 is 0 Å². The fourth-order valence-corrected chi connectivity index (χ4v) is 1.94. The quantitative estimate of drug-likeness (QED) is 0.676. The van der Waals surface area contributed by atoms with Crippen LogP contribution >= 0.6 is 0 Å². The third-order valence-corrected chi connectivity index (χ3v) is 2.73. The Hall–Kier alpha value is -0.410. The van der Waals surface area contributed by atoms with E-state index in [0.29, 0.717) is 6.42 Å². The molecule has 0 aromatic heterocycles. The minimum Gasteiger partial charge on any atom is -0.392 e. The van der Waals surface area contributed by atoms with Crippen LogP contribution in [0.15, 0.2) is 0 Å². The van der Waals surface area contributed by atoms with Gasteiger partial charge in [0.05, 0.1) is 6.10 Å². The summed E-state index contributed by atoms with van der Waals surface area (Å²) in [5.41, 5.74) is 0. The molecular weight excluding hydrogens is 178 g/mol. The van der Waals surface area contributed by atoms with Crippen molar-refractivity contribution in [1.29, 1.82) is 0 Å². The molecule has 14 heavy (non-hydrogen) atoms. The summed E-state index contributed by atoms with van der Waals surface area (Å²) < 4.78 is 0. The van der Waals surface area contributed by atoms with E-state index in [4.69, 9.17) is 0 Å². The number of hydrogen-bond acceptors (Lipinski definition) is 3. The summed E-state index contributed by atoms with van der Waals surface area (Å²) in [7, 11) is 0. The second-order valence-electron chi connectivity index (χ2n) is 4.26. The molecule has 1 rings (SSSR count). The van der Waals surface area contributed by atoms with Crippen LogP contribution in [0.2, 0.25) is 0 Å². The molecule has 1 heterocycles. The summed E-state index contributed by atoms with van der Waals surface area (Å²) in [4.78, 5) is 13.0. The largest absolute Gasteiger partial charge is 0.392 e. The van der Waals surface area contributed by atoms with Gasteiger partial charge in [0.25, 0.3) is 0 Å². The van der Waals surface area contributed by atoms with E-state index in [1.807, 2.05) is 0 Å². The van der Waals surface area contributed by atoms with Gasteiger partial charge in [-0.25, -0.2) is 0 Å². The van der Waals surface area contributed by atoms with Crippen LogP contribution in [0.25, 0.3) is 0 Å². The van der Waals surface area contributed by atoms with Crippen LogP contribution in [0.1, 0.15) is 39.0 Å². The number of unbranched alkanes of at least 4 members (excludes halogenated alkanes) is 1. The fraction of sp³-hybridized carbons (Fsp3) is 0.909. The summed E-state index contributed by atoms with van der Waals surface area (Å²) in [5, 5.41) is 9.43. The maximum Gasteiger partial charge on any atom is 0.129 e. The number of β-amino-alcohol motifs (C(OH)–C–C–N with tert-alkyl or cyclic N) is 1. The highest BCUT2D eigenvalue weighted by atomic mass is 16.3. The molecule has 0 amide bonds. The summed E-state index contributed by atoms with van der Waals surface area (Å²) in [6, 6.07) is 0. The molecule has 1 N–H and O–H groups in total. The number of piperidine rings is 1. The van der Waals surface area contributed by atoms with Gasteiger partial charge in [-0.2, -0.15) is 0 Å². The third kappa shape index (κ3) is 4.72. The summed E-state index contributed by atoms with van der Waals surface area (Å²) in [6.45, 7) is 4.60. The average Bonchev–Trinajstić information content (AvgIpc) is 2.12. The van der Waals surface area contributed by atoms with Gasteiger partial charge < -0.3 is 14.8 Å². The van der Waals surface area contributed by atoms with E-state index in [0.717, 1.165) is 45.3 Å². The predicted octanol–water partition coefficient (Wildman–Crippen LogP) is 1.20. The van der Waals surface area contributed by atoms with Crippen molar-refractivity contribution in [3.05, 3.63) is 0 Å². The Labute approximate surface area is 86.1 Å². The first-order valence-electron chi connectivity index (χ1n) is 5.58. The molecule has 1 unspecified atom stereocenters. The van der Waals surface area contributed by atoms with Gasteiger partial charge in [0.2, 0.25) is 0 Å². The number of carbonyl (C=O) groups excluding carboxylic acids is 1. The van der Waals surface area contributed by atoms with Crippen molar-refractivity contribution in [3.8, 4) is 0 Å². The fourth-order valence-electron chi connectivity index (χ4n) is 1.94. The molecule has 0 radical (unpaired) electrons. The first kappa shape index (κ1) is 11.7. The molecule has 0 saturated carbocycles. The predicted molar refractivity (Wildman–Crippen MR) is 56.2 cm³/mol. The lowest BCUT2D eigenvalue weighted by atomic mass is 10.1. The number of ketones is 1. The number of carbonyl (C=O) groups is 1. The number of aliphatic hydroxyl groups is 1. The lowest BCUT2D eigenvalue weighted by Crippen LogP contribution is -2.38. The van der Waals surface area contributed by atoms with Crippen LogP contribution in [-0.2, 0) is 4.79 Å². The SMILES string of the molecule is CC(=O)CCCCN1CCCC(O)C1. The first-order chi connectivity index (χ1) is 6.68. The average molecular weight is 199 g/mol. The van der Waals surface area contributed by atoms with Crippen molar-refractivity contribution in [1.82, 2.24) is 4.90 Å². The zero-order valence-corrected chi connectivity index (χ0v) is 9.04. The van der Waals surface area contributed by atoms with Gasteiger partial charge in [-0.15, -0.1) is 0 Å². The normalized spacial score (nSPS) is 23.7. The molecule has 0 spiro atoms. The van der Waals surface area contributed by atoms with E-state index in [2.05, 4.69) is 4.90 Å². The second kappa shape index (κ2) is 6.14. The van der Waals surface area contributed by atoms with Gasteiger partial charge in [0.1, 0.15) is 5.78 Å². The van der Waals surface area contributed by atoms with Crippen LogP contribution in [0.5, 0.6) is 0 Å². The Morgan fingerprint density at radius 3 is 2.93 bits per heavy atom. The summed E-state index contributed by atoms with van der Waals surface area (Å²) in [6.07, 6.45) is 4.69. The Bertz CT molecular complexity index is 182. The Morgan fingerprint density at radius 1 is 1.50 bits per heavy atom. The topological polar surface area (TPSA) is 40.5 Å². The summed E-state index contributed by atoms with van der Waals surface area (Å²) >= 11 is 0. The van der Waals surface area contributed by atoms with E-state index in [1.165, 1.54) is 0 Å². The Kier molecular flexibility index (Phi) is 5.12. The number of likely N-dealkylation sites (tertiary alicyclic amines) is 1. The van der Waals surface area contributed by atoms with Crippen LogP contribution in [-0.4, -0.2) is 41.5 Å². The van der Waals surface area contributed by atoms with Crippen molar-refractivity contribution in [2.75, 3.05) is 19.6 Å². The van der Waals surface area contributed by atoms with E-state index >= 15 is 0 Å². The molecule has 0 bridgehead atoms. The van der Waals surface area contributed by atoms with E-state index < -0.39 is 0 Å². The minimum atomic E-state index is -0.128. The molecule has 3 nitrogen and oxygen atoms in total. The molecule has 1 aliphatic heterocycles. The number of hydrogen-bond donors (Lipinski definition) is 1. The highest BCUT2D eigenvalue weighted by Crippen LogP contribution is 2.10. The van der Waals surface area contributed by atoms with Gasteiger partial charge in [0.15, 0.2) is 0 Å². The maximum absolute atomic E-state index is 10.7. The van der Waals surface area contributed by atoms with Crippen LogP contribution in [0.4, 0.5) is 0 Å². The lowest BCUT2D eigenvalue weighted by molar-refractivity contribution is -0.117. The molecule has 0 aromatic rings. The van der Waals surface area contributed by atoms with Crippen LogP contribution in [0, 0.1) is 0 Å².